The lowest BCUT2D eigenvalue weighted by Crippen LogP contribution is -2.36. The van der Waals surface area contributed by atoms with Crippen LogP contribution >= 0.6 is 0 Å². The van der Waals surface area contributed by atoms with Crippen LogP contribution in [0.1, 0.15) is 20.7 Å². The van der Waals surface area contributed by atoms with Gasteiger partial charge in [-0.05, 0) is 48.5 Å². The molecule has 0 saturated carbocycles. The minimum absolute atomic E-state index is 0.114. The van der Waals surface area contributed by atoms with Gasteiger partial charge < -0.3 is 10.5 Å². The number of sulfonamides is 1. The minimum Gasteiger partial charge on any atom is -0.497 e. The van der Waals surface area contributed by atoms with Crippen LogP contribution < -0.4 is 14.8 Å². The lowest BCUT2D eigenvalue weighted by molar-refractivity contribution is 0.0995. The van der Waals surface area contributed by atoms with Crippen LogP contribution in [0.2, 0.25) is 0 Å². The Kier molecular flexibility index (Phi) is 4.89. The fourth-order valence-electron chi connectivity index (χ4n) is 2.07. The molecule has 0 bridgehead atoms. The zero-order valence-corrected chi connectivity index (χ0v) is 13.9. The van der Waals surface area contributed by atoms with Gasteiger partial charge in [-0.25, -0.2) is 12.7 Å². The van der Waals surface area contributed by atoms with E-state index < -0.39 is 21.8 Å². The van der Waals surface area contributed by atoms with Crippen molar-refractivity contribution < 1.29 is 22.7 Å². The number of hydrogen-bond acceptors (Lipinski definition) is 5. The number of anilines is 1. The molecule has 126 valence electrons. The SMILES string of the molecule is COc1ccc(C(=O)N(c2ccc(C(N)=O)cc2)S(C)(=O)=O)cc1. The summed E-state index contributed by atoms with van der Waals surface area (Å²) >= 11 is 0. The molecule has 2 aromatic rings. The molecule has 24 heavy (non-hydrogen) atoms. The number of methoxy groups -OCH3 is 1. The number of nitrogens with two attached hydrogens (primary N) is 1. The Labute approximate surface area is 139 Å². The lowest BCUT2D eigenvalue weighted by Gasteiger charge is -2.20. The fourth-order valence-corrected chi connectivity index (χ4v) is 2.98. The van der Waals surface area contributed by atoms with Crippen molar-refractivity contribution in [3.05, 3.63) is 59.7 Å². The van der Waals surface area contributed by atoms with Crippen molar-refractivity contribution in [2.45, 2.75) is 0 Å². The largest absolute Gasteiger partial charge is 0.497 e. The number of amides is 2. The summed E-state index contributed by atoms with van der Waals surface area (Å²) in [5.41, 5.74) is 5.66. The van der Waals surface area contributed by atoms with Crippen molar-refractivity contribution in [1.82, 2.24) is 0 Å². The van der Waals surface area contributed by atoms with E-state index in [1.165, 1.54) is 43.5 Å². The highest BCUT2D eigenvalue weighted by Crippen LogP contribution is 2.22. The van der Waals surface area contributed by atoms with Gasteiger partial charge >= 0.3 is 0 Å². The molecule has 0 heterocycles. The van der Waals surface area contributed by atoms with Gasteiger partial charge in [0.15, 0.2) is 0 Å². The van der Waals surface area contributed by atoms with Crippen LogP contribution in [0.5, 0.6) is 5.75 Å². The molecule has 0 spiro atoms. The second kappa shape index (κ2) is 6.71. The van der Waals surface area contributed by atoms with Gasteiger partial charge in [-0.1, -0.05) is 0 Å². The molecule has 0 saturated heterocycles. The summed E-state index contributed by atoms with van der Waals surface area (Å²) < 4.78 is 29.8. The van der Waals surface area contributed by atoms with Crippen molar-refractivity contribution in [1.29, 1.82) is 0 Å². The summed E-state index contributed by atoms with van der Waals surface area (Å²) in [6.07, 6.45) is 0.927. The molecule has 2 amide bonds. The van der Waals surface area contributed by atoms with Crippen molar-refractivity contribution in [2.24, 2.45) is 5.73 Å². The molecule has 0 aliphatic carbocycles. The van der Waals surface area contributed by atoms with Gasteiger partial charge in [0.25, 0.3) is 5.91 Å². The van der Waals surface area contributed by atoms with Gasteiger partial charge in [0.2, 0.25) is 15.9 Å². The molecule has 0 aliphatic heterocycles. The number of benzene rings is 2. The molecule has 2 N–H and O–H groups in total. The zero-order valence-electron chi connectivity index (χ0n) is 13.1. The first-order valence-electron chi connectivity index (χ1n) is 6.82. The van der Waals surface area contributed by atoms with Gasteiger partial charge in [-0.15, -0.1) is 0 Å². The Bertz CT molecular complexity index is 858. The molecule has 0 unspecified atom stereocenters. The van der Waals surface area contributed by atoms with Crippen LogP contribution in [-0.2, 0) is 10.0 Å². The second-order valence-corrected chi connectivity index (χ2v) is 6.80. The molecular formula is C16H16N2O5S. The van der Waals surface area contributed by atoms with Crippen molar-refractivity contribution in [2.75, 3.05) is 17.7 Å². The highest BCUT2D eigenvalue weighted by molar-refractivity contribution is 7.92. The summed E-state index contributed by atoms with van der Waals surface area (Å²) in [5, 5.41) is 0. The maximum Gasteiger partial charge on any atom is 0.272 e. The summed E-state index contributed by atoms with van der Waals surface area (Å²) in [6, 6.07) is 11.5. The highest BCUT2D eigenvalue weighted by Gasteiger charge is 2.26. The average molecular weight is 348 g/mol. The second-order valence-electron chi connectivity index (χ2n) is 4.97. The van der Waals surface area contributed by atoms with E-state index in [0.717, 1.165) is 6.26 Å². The lowest BCUT2D eigenvalue weighted by atomic mass is 10.1. The van der Waals surface area contributed by atoms with Gasteiger partial charge in [-0.3, -0.25) is 9.59 Å². The monoisotopic (exact) mass is 348 g/mol. The third-order valence-electron chi connectivity index (χ3n) is 3.24. The maximum absolute atomic E-state index is 12.6. The predicted molar refractivity (Wildman–Crippen MR) is 89.6 cm³/mol. The molecule has 0 aliphatic rings. The van der Waals surface area contributed by atoms with E-state index in [9.17, 15) is 18.0 Å². The number of primary amides is 1. The maximum atomic E-state index is 12.6. The molecule has 0 atom stereocenters. The van der Waals surface area contributed by atoms with Crippen molar-refractivity contribution in [3.63, 3.8) is 0 Å². The number of carbonyl (C=O) groups excluding carboxylic acids is 2. The Morgan fingerprint density at radius 1 is 0.958 bits per heavy atom. The first-order chi connectivity index (χ1) is 11.2. The van der Waals surface area contributed by atoms with E-state index in [2.05, 4.69) is 0 Å². The van der Waals surface area contributed by atoms with Crippen LogP contribution in [0.15, 0.2) is 48.5 Å². The Morgan fingerprint density at radius 2 is 1.46 bits per heavy atom. The van der Waals surface area contributed by atoms with Gasteiger partial charge in [0.1, 0.15) is 5.75 Å². The van der Waals surface area contributed by atoms with Gasteiger partial charge in [0, 0.05) is 11.1 Å². The minimum atomic E-state index is -3.88. The van der Waals surface area contributed by atoms with E-state index in [4.69, 9.17) is 10.5 Å². The van der Waals surface area contributed by atoms with E-state index in [-0.39, 0.29) is 16.8 Å². The number of rotatable bonds is 5. The van der Waals surface area contributed by atoms with Crippen molar-refractivity contribution >= 4 is 27.5 Å². The van der Waals surface area contributed by atoms with Crippen molar-refractivity contribution in [3.8, 4) is 5.75 Å². The van der Waals surface area contributed by atoms with Gasteiger partial charge in [0.05, 0.1) is 19.1 Å². The normalized spacial score (nSPS) is 10.9. The highest BCUT2D eigenvalue weighted by atomic mass is 32.2. The van der Waals surface area contributed by atoms with E-state index in [1.807, 2.05) is 0 Å². The van der Waals surface area contributed by atoms with Gasteiger partial charge in [-0.2, -0.15) is 0 Å². The number of carbonyl (C=O) groups is 2. The Morgan fingerprint density at radius 3 is 1.88 bits per heavy atom. The summed E-state index contributed by atoms with van der Waals surface area (Å²) in [7, 11) is -2.39. The number of hydrogen-bond donors (Lipinski definition) is 1. The molecule has 8 heteroatoms. The Hall–Kier alpha value is -2.87. The van der Waals surface area contributed by atoms with Crippen LogP contribution in [0.3, 0.4) is 0 Å². The summed E-state index contributed by atoms with van der Waals surface area (Å²) in [4.78, 5) is 23.7. The first kappa shape index (κ1) is 17.5. The van der Waals surface area contributed by atoms with E-state index in [1.54, 1.807) is 12.1 Å². The van der Waals surface area contributed by atoms with E-state index in [0.29, 0.717) is 10.1 Å². The third-order valence-corrected chi connectivity index (χ3v) is 4.28. The quantitative estimate of drug-likeness (QED) is 0.879. The molecule has 2 rings (SSSR count). The molecule has 0 aromatic heterocycles. The topological polar surface area (TPSA) is 107 Å². The third kappa shape index (κ3) is 3.72. The molecule has 2 aromatic carbocycles. The summed E-state index contributed by atoms with van der Waals surface area (Å²) in [5.74, 6) is -0.816. The number of ether oxygens (including phenoxy) is 1. The van der Waals surface area contributed by atoms with Crippen LogP contribution in [0.4, 0.5) is 5.69 Å². The van der Waals surface area contributed by atoms with E-state index >= 15 is 0 Å². The molecule has 0 fully saturated rings. The number of nitrogens with zero attached hydrogens (tertiary/aromatic N) is 1. The van der Waals surface area contributed by atoms with Crippen LogP contribution in [0.25, 0.3) is 0 Å². The smallest absolute Gasteiger partial charge is 0.272 e. The standard InChI is InChI=1S/C16H16N2O5S/c1-23-14-9-5-12(6-10-14)16(20)18(24(2,21)22)13-7-3-11(4-8-13)15(17)19/h3-10H,1-2H3,(H2,17,19). The zero-order chi connectivity index (χ0) is 17.9. The fraction of sp³-hybridized carbons (Fsp3) is 0.125. The van der Waals surface area contributed by atoms with Crippen LogP contribution in [-0.4, -0.2) is 33.6 Å². The molecular weight excluding hydrogens is 332 g/mol. The Balaban J connectivity index is 2.44. The molecule has 7 nitrogen and oxygen atoms in total. The average Bonchev–Trinajstić information content (AvgIpc) is 2.54. The first-order valence-corrected chi connectivity index (χ1v) is 8.67. The predicted octanol–water partition coefficient (Wildman–Crippen LogP) is 1.40. The molecule has 0 radical (unpaired) electrons. The summed E-state index contributed by atoms with van der Waals surface area (Å²) in [6.45, 7) is 0. The van der Waals surface area contributed by atoms with Crippen LogP contribution in [0, 0.1) is 0 Å².